The van der Waals surface area contributed by atoms with E-state index in [0.717, 1.165) is 103 Å². The minimum Gasteiger partial charge on any atom is -0.462 e. The molecule has 0 rings (SSSR count). The van der Waals surface area contributed by atoms with E-state index < -0.39 is 6.10 Å². The highest BCUT2D eigenvalue weighted by Crippen LogP contribution is 2.13. The van der Waals surface area contributed by atoms with E-state index in [4.69, 9.17) is 14.2 Å². The Morgan fingerprint density at radius 3 is 1.06 bits per heavy atom. The van der Waals surface area contributed by atoms with Crippen LogP contribution in [0.4, 0.5) is 0 Å². The van der Waals surface area contributed by atoms with Crippen molar-refractivity contribution in [3.63, 3.8) is 0 Å². The summed E-state index contributed by atoms with van der Waals surface area (Å²) >= 11 is 0. The van der Waals surface area contributed by atoms with Crippen LogP contribution in [0.15, 0.2) is 85.1 Å². The van der Waals surface area contributed by atoms with Crippen molar-refractivity contribution in [1.29, 1.82) is 0 Å². The average Bonchev–Trinajstić information content (AvgIpc) is 3.27. The summed E-state index contributed by atoms with van der Waals surface area (Å²) in [6, 6.07) is 0. The Morgan fingerprint density at radius 2 is 0.629 bits per heavy atom. The van der Waals surface area contributed by atoms with E-state index in [0.29, 0.717) is 19.3 Å². The maximum atomic E-state index is 12.8. The molecule has 62 heavy (non-hydrogen) atoms. The van der Waals surface area contributed by atoms with Gasteiger partial charge in [0, 0.05) is 19.3 Å². The van der Waals surface area contributed by atoms with E-state index in [2.05, 4.69) is 81.5 Å². The van der Waals surface area contributed by atoms with Gasteiger partial charge in [0.25, 0.3) is 0 Å². The molecule has 0 amide bonds. The molecule has 0 bridgehead atoms. The summed E-state index contributed by atoms with van der Waals surface area (Å²) in [7, 11) is 0. The molecule has 0 fully saturated rings. The molecule has 0 spiro atoms. The van der Waals surface area contributed by atoms with Gasteiger partial charge in [-0.15, -0.1) is 0 Å². The fraction of sp³-hybridized carbons (Fsp3) is 0.696. The molecule has 6 nitrogen and oxygen atoms in total. The number of ether oxygens (including phenoxy) is 3. The largest absolute Gasteiger partial charge is 0.462 e. The highest BCUT2D eigenvalue weighted by atomic mass is 16.6. The van der Waals surface area contributed by atoms with Gasteiger partial charge in [-0.05, 0) is 89.9 Å². The van der Waals surface area contributed by atoms with E-state index in [1.54, 1.807) is 0 Å². The molecule has 354 valence electrons. The summed E-state index contributed by atoms with van der Waals surface area (Å²) in [5.74, 6) is -0.948. The lowest BCUT2D eigenvalue weighted by Crippen LogP contribution is -2.30. The predicted molar refractivity (Wildman–Crippen MR) is 265 cm³/mol. The standard InChI is InChI=1S/C56H94O6/c1-4-7-10-13-16-19-22-25-27-28-29-30-32-34-37-40-43-46-49-55(58)61-52-53(51-60-54(57)48-45-42-39-36-33-24-21-18-15-12-9-6-3)62-56(59)50-47-44-41-38-35-31-26-23-20-17-14-11-8-5-2/h10,13,16,18-19,21-22,25,27-31,35,53H,4-9,11-12,14-15,17,20,23-24,26,32-34,36-52H2,1-3H3/b13-10-,19-16-,21-18-,25-22-,28-27-,30-29-,35-31-. The van der Waals surface area contributed by atoms with Crippen molar-refractivity contribution in [2.45, 2.75) is 239 Å². The zero-order chi connectivity index (χ0) is 45.1. The summed E-state index contributed by atoms with van der Waals surface area (Å²) in [5.41, 5.74) is 0. The third-order valence-corrected chi connectivity index (χ3v) is 10.7. The lowest BCUT2D eigenvalue weighted by Gasteiger charge is -2.18. The first-order valence-corrected chi connectivity index (χ1v) is 25.7. The van der Waals surface area contributed by atoms with Crippen LogP contribution in [0.2, 0.25) is 0 Å². The molecule has 0 aromatic carbocycles. The highest BCUT2D eigenvalue weighted by molar-refractivity contribution is 5.71. The molecule has 0 N–H and O–H groups in total. The van der Waals surface area contributed by atoms with E-state index in [-0.39, 0.29) is 31.1 Å². The average molecular weight is 863 g/mol. The highest BCUT2D eigenvalue weighted by Gasteiger charge is 2.19. The molecule has 1 atom stereocenters. The molecule has 0 heterocycles. The van der Waals surface area contributed by atoms with Crippen LogP contribution in [0, 0.1) is 0 Å². The second kappa shape index (κ2) is 50.2. The van der Waals surface area contributed by atoms with Crippen molar-refractivity contribution < 1.29 is 28.6 Å². The molecule has 1 unspecified atom stereocenters. The fourth-order valence-corrected chi connectivity index (χ4v) is 6.81. The zero-order valence-corrected chi connectivity index (χ0v) is 40.4. The Labute approximate surface area is 382 Å². The molecule has 0 aliphatic heterocycles. The summed E-state index contributed by atoms with van der Waals surface area (Å²) in [6.45, 7) is 6.47. The fourth-order valence-electron chi connectivity index (χ4n) is 6.81. The number of carbonyl (C=O) groups excluding carboxylic acids is 3. The van der Waals surface area contributed by atoms with Gasteiger partial charge in [-0.2, -0.15) is 0 Å². The number of rotatable bonds is 45. The summed E-state index contributed by atoms with van der Waals surface area (Å²) < 4.78 is 16.7. The monoisotopic (exact) mass is 863 g/mol. The Morgan fingerprint density at radius 1 is 0.323 bits per heavy atom. The van der Waals surface area contributed by atoms with Gasteiger partial charge in [-0.25, -0.2) is 0 Å². The van der Waals surface area contributed by atoms with Crippen LogP contribution >= 0.6 is 0 Å². The van der Waals surface area contributed by atoms with Crippen molar-refractivity contribution in [3.05, 3.63) is 85.1 Å². The molecular formula is C56H94O6. The van der Waals surface area contributed by atoms with Crippen molar-refractivity contribution in [3.8, 4) is 0 Å². The van der Waals surface area contributed by atoms with Gasteiger partial charge in [0.05, 0.1) is 0 Å². The van der Waals surface area contributed by atoms with Crippen LogP contribution in [-0.4, -0.2) is 37.2 Å². The van der Waals surface area contributed by atoms with Crippen LogP contribution in [0.1, 0.15) is 233 Å². The van der Waals surface area contributed by atoms with E-state index in [1.807, 2.05) is 24.3 Å². The Bertz CT molecular complexity index is 1220. The number of allylic oxidation sites excluding steroid dienone is 14. The first-order chi connectivity index (χ1) is 30.5. The van der Waals surface area contributed by atoms with Crippen LogP contribution < -0.4 is 0 Å². The molecule has 0 radical (unpaired) electrons. The quantitative estimate of drug-likeness (QED) is 0.0199. The zero-order valence-electron chi connectivity index (χ0n) is 40.4. The van der Waals surface area contributed by atoms with Gasteiger partial charge in [-0.1, -0.05) is 209 Å². The SMILES string of the molecule is CCC\C=C/C=C\C=C/C=C\C=C/CCCCCCCC(=O)OCC(COC(=O)CCCCCCC/C=C\CCCCC)OC(=O)CCCCC/C=C\CCCCCCCCC. The number of esters is 3. The lowest BCUT2D eigenvalue weighted by molar-refractivity contribution is -0.167. The van der Waals surface area contributed by atoms with Crippen LogP contribution in [0.25, 0.3) is 0 Å². The minimum atomic E-state index is -0.798. The van der Waals surface area contributed by atoms with Gasteiger partial charge in [-0.3, -0.25) is 14.4 Å². The van der Waals surface area contributed by atoms with Gasteiger partial charge in [0.2, 0.25) is 0 Å². The van der Waals surface area contributed by atoms with Gasteiger partial charge in [0.15, 0.2) is 6.10 Å². The van der Waals surface area contributed by atoms with Gasteiger partial charge in [0.1, 0.15) is 13.2 Å². The van der Waals surface area contributed by atoms with E-state index >= 15 is 0 Å². The molecule has 0 aliphatic rings. The molecule has 6 heteroatoms. The van der Waals surface area contributed by atoms with E-state index in [9.17, 15) is 14.4 Å². The van der Waals surface area contributed by atoms with Gasteiger partial charge >= 0.3 is 17.9 Å². The minimum absolute atomic E-state index is 0.0960. The maximum Gasteiger partial charge on any atom is 0.306 e. The second-order valence-electron chi connectivity index (χ2n) is 16.8. The molecule has 0 aliphatic carbocycles. The Kier molecular flexibility index (Phi) is 47.5. The first-order valence-electron chi connectivity index (χ1n) is 25.7. The number of hydrogen-bond donors (Lipinski definition) is 0. The van der Waals surface area contributed by atoms with Crippen molar-refractivity contribution in [2.24, 2.45) is 0 Å². The molecular weight excluding hydrogens is 769 g/mol. The third-order valence-electron chi connectivity index (χ3n) is 10.7. The number of unbranched alkanes of at least 4 members (excludes halogenated alkanes) is 24. The van der Waals surface area contributed by atoms with Crippen molar-refractivity contribution >= 4 is 17.9 Å². The lowest BCUT2D eigenvalue weighted by atomic mass is 10.1. The number of hydrogen-bond acceptors (Lipinski definition) is 6. The van der Waals surface area contributed by atoms with Crippen LogP contribution in [0.3, 0.4) is 0 Å². The Balaban J connectivity index is 4.47. The summed E-state index contributed by atoms with van der Waals surface area (Å²) in [6.07, 6.45) is 64.1. The maximum absolute atomic E-state index is 12.8. The van der Waals surface area contributed by atoms with Gasteiger partial charge < -0.3 is 14.2 Å². The predicted octanol–water partition coefficient (Wildman–Crippen LogP) is 16.8. The first kappa shape index (κ1) is 58.6. The van der Waals surface area contributed by atoms with Crippen LogP contribution in [0.5, 0.6) is 0 Å². The molecule has 0 aromatic heterocycles. The molecule has 0 saturated heterocycles. The number of carbonyl (C=O) groups is 3. The van der Waals surface area contributed by atoms with Crippen LogP contribution in [-0.2, 0) is 28.6 Å². The molecule has 0 aromatic rings. The third kappa shape index (κ3) is 47.6. The Hall–Kier alpha value is -3.41. The second-order valence-corrected chi connectivity index (χ2v) is 16.8. The van der Waals surface area contributed by atoms with E-state index in [1.165, 1.54) is 89.9 Å². The summed E-state index contributed by atoms with van der Waals surface area (Å²) in [5, 5.41) is 0. The normalized spacial score (nSPS) is 12.8. The van der Waals surface area contributed by atoms with Crippen molar-refractivity contribution in [2.75, 3.05) is 13.2 Å². The summed E-state index contributed by atoms with van der Waals surface area (Å²) in [4.78, 5) is 37.9. The molecule has 0 saturated carbocycles. The topological polar surface area (TPSA) is 78.9 Å². The smallest absolute Gasteiger partial charge is 0.306 e. The van der Waals surface area contributed by atoms with Crippen molar-refractivity contribution in [1.82, 2.24) is 0 Å².